The van der Waals surface area contributed by atoms with Crippen LogP contribution in [0.5, 0.6) is 0 Å². The van der Waals surface area contributed by atoms with Crippen molar-refractivity contribution in [2.45, 2.75) is 38.1 Å². The van der Waals surface area contributed by atoms with Crippen molar-refractivity contribution in [1.82, 2.24) is 9.99 Å². The Hall–Kier alpha value is -1.42. The van der Waals surface area contributed by atoms with Gasteiger partial charge in [0.25, 0.3) is 5.91 Å². The van der Waals surface area contributed by atoms with Crippen molar-refractivity contribution in [1.29, 1.82) is 0 Å². The highest BCUT2D eigenvalue weighted by Crippen LogP contribution is 2.21. The lowest BCUT2D eigenvalue weighted by Crippen LogP contribution is -2.46. The highest BCUT2D eigenvalue weighted by molar-refractivity contribution is 5.92. The third-order valence-electron chi connectivity index (χ3n) is 3.09. The zero-order chi connectivity index (χ0) is 11.4. The molecule has 4 nitrogen and oxygen atoms in total. The summed E-state index contributed by atoms with van der Waals surface area (Å²) in [7, 11) is 0. The van der Waals surface area contributed by atoms with E-state index >= 15 is 0 Å². The lowest BCUT2D eigenvalue weighted by atomic mass is 9.95. The van der Waals surface area contributed by atoms with E-state index in [1.807, 2.05) is 0 Å². The van der Waals surface area contributed by atoms with Crippen molar-refractivity contribution in [3.05, 3.63) is 30.1 Å². The van der Waals surface area contributed by atoms with Crippen LogP contribution in [-0.2, 0) is 0 Å². The highest BCUT2D eigenvalue weighted by atomic mass is 16.2. The third kappa shape index (κ3) is 2.39. The maximum atomic E-state index is 12.0. The Morgan fingerprint density at radius 1 is 1.31 bits per heavy atom. The topological polar surface area (TPSA) is 59.2 Å². The second kappa shape index (κ2) is 5.07. The number of carbonyl (C=O) groups is 1. The van der Waals surface area contributed by atoms with Crippen LogP contribution in [0, 0.1) is 0 Å². The average molecular weight is 219 g/mol. The van der Waals surface area contributed by atoms with E-state index in [2.05, 4.69) is 4.98 Å². The minimum Gasteiger partial charge on any atom is -0.272 e. The van der Waals surface area contributed by atoms with Crippen molar-refractivity contribution in [3.8, 4) is 0 Å². The number of hydrazine groups is 1. The van der Waals surface area contributed by atoms with E-state index < -0.39 is 0 Å². The van der Waals surface area contributed by atoms with E-state index in [-0.39, 0.29) is 11.9 Å². The van der Waals surface area contributed by atoms with Gasteiger partial charge in [-0.05, 0) is 25.0 Å². The summed E-state index contributed by atoms with van der Waals surface area (Å²) >= 11 is 0. The van der Waals surface area contributed by atoms with Gasteiger partial charge >= 0.3 is 0 Å². The van der Waals surface area contributed by atoms with Crippen molar-refractivity contribution in [3.63, 3.8) is 0 Å². The second-order valence-electron chi connectivity index (χ2n) is 4.22. The average Bonchev–Trinajstić information content (AvgIpc) is 2.39. The molecule has 0 bridgehead atoms. The van der Waals surface area contributed by atoms with Gasteiger partial charge in [0.15, 0.2) is 0 Å². The molecule has 1 aliphatic carbocycles. The van der Waals surface area contributed by atoms with Gasteiger partial charge in [0, 0.05) is 12.2 Å². The van der Waals surface area contributed by atoms with Crippen LogP contribution in [0.25, 0.3) is 0 Å². The molecule has 16 heavy (non-hydrogen) atoms. The molecule has 1 heterocycles. The molecule has 0 radical (unpaired) electrons. The van der Waals surface area contributed by atoms with Crippen LogP contribution in [-0.4, -0.2) is 21.9 Å². The minimum atomic E-state index is -0.174. The molecule has 1 aromatic heterocycles. The fraction of sp³-hybridized carbons (Fsp3) is 0.500. The van der Waals surface area contributed by atoms with Crippen LogP contribution < -0.4 is 5.84 Å². The van der Waals surface area contributed by atoms with Crippen molar-refractivity contribution in [2.24, 2.45) is 5.84 Å². The van der Waals surface area contributed by atoms with Crippen molar-refractivity contribution in [2.75, 3.05) is 0 Å². The maximum Gasteiger partial charge on any atom is 0.286 e. The van der Waals surface area contributed by atoms with Gasteiger partial charge in [-0.3, -0.25) is 14.8 Å². The zero-order valence-corrected chi connectivity index (χ0v) is 9.30. The lowest BCUT2D eigenvalue weighted by molar-refractivity contribution is 0.0627. The van der Waals surface area contributed by atoms with Gasteiger partial charge in [-0.15, -0.1) is 0 Å². The first-order chi connectivity index (χ1) is 7.79. The van der Waals surface area contributed by atoms with Gasteiger partial charge in [0.05, 0.1) is 0 Å². The number of pyridine rings is 1. The fourth-order valence-electron chi connectivity index (χ4n) is 2.15. The number of nitrogens with zero attached hydrogens (tertiary/aromatic N) is 2. The van der Waals surface area contributed by atoms with Crippen LogP contribution >= 0.6 is 0 Å². The number of carbonyl (C=O) groups excluding carboxylic acids is 1. The summed E-state index contributed by atoms with van der Waals surface area (Å²) in [6, 6.07) is 5.47. The van der Waals surface area contributed by atoms with E-state index in [9.17, 15) is 4.79 Å². The van der Waals surface area contributed by atoms with Gasteiger partial charge in [-0.2, -0.15) is 0 Å². The summed E-state index contributed by atoms with van der Waals surface area (Å²) < 4.78 is 0. The summed E-state index contributed by atoms with van der Waals surface area (Å²) in [4.78, 5) is 16.0. The molecule has 86 valence electrons. The molecule has 0 aliphatic heterocycles. The van der Waals surface area contributed by atoms with E-state index in [1.54, 1.807) is 24.4 Å². The molecule has 0 unspecified atom stereocenters. The molecule has 1 aromatic rings. The van der Waals surface area contributed by atoms with Crippen LogP contribution in [0.3, 0.4) is 0 Å². The number of nitrogens with two attached hydrogens (primary N) is 1. The molecule has 1 fully saturated rings. The van der Waals surface area contributed by atoms with Crippen LogP contribution in [0.2, 0.25) is 0 Å². The predicted octanol–water partition coefficient (Wildman–Crippen LogP) is 1.73. The second-order valence-corrected chi connectivity index (χ2v) is 4.22. The summed E-state index contributed by atoms with van der Waals surface area (Å²) in [6.07, 6.45) is 7.20. The zero-order valence-electron chi connectivity index (χ0n) is 9.30. The summed E-state index contributed by atoms with van der Waals surface area (Å²) in [6.45, 7) is 0. The Kier molecular flexibility index (Phi) is 3.51. The molecule has 2 rings (SSSR count). The summed E-state index contributed by atoms with van der Waals surface area (Å²) in [5.74, 6) is 5.69. The molecule has 0 atom stereocenters. The molecule has 4 heteroatoms. The number of amides is 1. The molecule has 0 aromatic carbocycles. The number of aromatic nitrogens is 1. The van der Waals surface area contributed by atoms with E-state index in [1.165, 1.54) is 11.4 Å². The lowest BCUT2D eigenvalue weighted by Gasteiger charge is -2.30. The molecule has 2 N–H and O–H groups in total. The van der Waals surface area contributed by atoms with E-state index in [0.29, 0.717) is 5.69 Å². The molecule has 1 aliphatic rings. The van der Waals surface area contributed by atoms with E-state index in [4.69, 9.17) is 5.84 Å². The number of rotatable bonds is 2. The van der Waals surface area contributed by atoms with Crippen LogP contribution in [0.1, 0.15) is 42.6 Å². The standard InChI is InChI=1S/C12H17N3O/c13-15(10-6-2-1-3-7-10)12(16)11-8-4-5-9-14-11/h4-5,8-10H,1-3,6-7,13H2. The fourth-order valence-corrected chi connectivity index (χ4v) is 2.15. The predicted molar refractivity (Wildman–Crippen MR) is 61.5 cm³/mol. The Balaban J connectivity index is 2.04. The molecular weight excluding hydrogens is 202 g/mol. The Morgan fingerprint density at radius 3 is 2.69 bits per heavy atom. The Bertz CT molecular complexity index is 347. The van der Waals surface area contributed by atoms with Gasteiger partial charge in [0.1, 0.15) is 5.69 Å². The summed E-state index contributed by atoms with van der Waals surface area (Å²) in [5.41, 5.74) is 0.426. The number of hydrogen-bond donors (Lipinski definition) is 1. The molecule has 1 saturated carbocycles. The normalized spacial score (nSPS) is 17.1. The maximum absolute atomic E-state index is 12.0. The molecular formula is C12H17N3O. The molecule has 0 saturated heterocycles. The highest BCUT2D eigenvalue weighted by Gasteiger charge is 2.24. The van der Waals surface area contributed by atoms with Gasteiger partial charge in [-0.1, -0.05) is 25.3 Å². The SMILES string of the molecule is NN(C(=O)c1ccccn1)C1CCCCC1. The van der Waals surface area contributed by atoms with Crippen molar-refractivity contribution < 1.29 is 4.79 Å². The monoisotopic (exact) mass is 219 g/mol. The smallest absolute Gasteiger partial charge is 0.272 e. The number of hydrogen-bond acceptors (Lipinski definition) is 3. The van der Waals surface area contributed by atoms with Gasteiger partial charge in [-0.25, -0.2) is 5.84 Å². The third-order valence-corrected chi connectivity index (χ3v) is 3.09. The quantitative estimate of drug-likeness (QED) is 0.468. The summed E-state index contributed by atoms with van der Waals surface area (Å²) in [5, 5.41) is 1.36. The molecule has 0 spiro atoms. The van der Waals surface area contributed by atoms with Gasteiger partial charge < -0.3 is 0 Å². The Morgan fingerprint density at radius 2 is 2.06 bits per heavy atom. The first-order valence-electron chi connectivity index (χ1n) is 5.78. The van der Waals surface area contributed by atoms with Crippen LogP contribution in [0.15, 0.2) is 24.4 Å². The first kappa shape index (κ1) is 11.1. The van der Waals surface area contributed by atoms with Crippen molar-refractivity contribution >= 4 is 5.91 Å². The molecule has 1 amide bonds. The van der Waals surface area contributed by atoms with E-state index in [0.717, 1.165) is 25.7 Å². The van der Waals surface area contributed by atoms with Gasteiger partial charge in [0.2, 0.25) is 0 Å². The minimum absolute atomic E-state index is 0.174. The largest absolute Gasteiger partial charge is 0.286 e. The van der Waals surface area contributed by atoms with Crippen LogP contribution in [0.4, 0.5) is 0 Å². The first-order valence-corrected chi connectivity index (χ1v) is 5.78. The Labute approximate surface area is 95.4 Å².